The lowest BCUT2D eigenvalue weighted by atomic mass is 10.1. The van der Waals surface area contributed by atoms with Crippen LogP contribution in [0.3, 0.4) is 0 Å². The fourth-order valence-corrected chi connectivity index (χ4v) is 2.55. The van der Waals surface area contributed by atoms with Crippen molar-refractivity contribution in [2.24, 2.45) is 0 Å². The Labute approximate surface area is 107 Å². The van der Waals surface area contributed by atoms with Crippen LogP contribution in [0, 0.1) is 0 Å². The molecule has 0 aliphatic rings. The first kappa shape index (κ1) is 13.1. The van der Waals surface area contributed by atoms with Crippen molar-refractivity contribution in [1.29, 1.82) is 0 Å². The zero-order valence-electron chi connectivity index (χ0n) is 9.53. The summed E-state index contributed by atoms with van der Waals surface area (Å²) < 4.78 is 37.2. The van der Waals surface area contributed by atoms with Crippen LogP contribution in [0.4, 0.5) is 13.2 Å². The number of aliphatic hydroxyl groups excluding tert-OH is 1. The maximum atomic E-state index is 12.4. The number of thiophene rings is 1. The minimum Gasteiger partial charge on any atom is -0.389 e. The van der Waals surface area contributed by atoms with Crippen LogP contribution in [-0.4, -0.2) is 5.11 Å². The largest absolute Gasteiger partial charge is 0.416 e. The molecule has 0 bridgehead atoms. The van der Waals surface area contributed by atoms with Gasteiger partial charge in [0.2, 0.25) is 0 Å². The molecule has 0 saturated carbocycles. The lowest BCUT2D eigenvalue weighted by Gasteiger charge is -2.06. The minimum absolute atomic E-state index is 0.565. The second-order valence-corrected chi connectivity index (χ2v) is 4.91. The summed E-state index contributed by atoms with van der Waals surface area (Å²) in [5.41, 5.74) is 0.841. The Morgan fingerprint density at radius 3 is 2.22 bits per heavy atom. The molecule has 96 valence electrons. The van der Waals surface area contributed by atoms with Gasteiger partial charge in [-0.15, -0.1) is 11.3 Å². The number of alkyl halides is 3. The van der Waals surface area contributed by atoms with Crippen LogP contribution in [0.1, 0.15) is 24.2 Å². The lowest BCUT2D eigenvalue weighted by Crippen LogP contribution is -2.03. The smallest absolute Gasteiger partial charge is 0.389 e. The van der Waals surface area contributed by atoms with E-state index < -0.39 is 17.8 Å². The summed E-state index contributed by atoms with van der Waals surface area (Å²) in [6.45, 7) is 1.65. The molecule has 0 spiro atoms. The van der Waals surface area contributed by atoms with Crippen LogP contribution in [0.15, 0.2) is 35.7 Å². The molecular formula is C13H11F3OS. The van der Waals surface area contributed by atoms with Gasteiger partial charge in [-0.05, 0) is 41.6 Å². The molecule has 0 aliphatic heterocycles. The summed E-state index contributed by atoms with van der Waals surface area (Å²) in [7, 11) is 0. The van der Waals surface area contributed by atoms with Crippen molar-refractivity contribution in [3.05, 3.63) is 46.8 Å². The minimum atomic E-state index is -4.31. The molecule has 1 unspecified atom stereocenters. The molecule has 18 heavy (non-hydrogen) atoms. The molecule has 1 N–H and O–H groups in total. The maximum Gasteiger partial charge on any atom is 0.416 e. The summed E-state index contributed by atoms with van der Waals surface area (Å²) >= 11 is 1.40. The SMILES string of the molecule is CC(O)c1csc(-c2ccc(C(F)(F)F)cc2)c1. The third-order valence-electron chi connectivity index (χ3n) is 2.60. The van der Waals surface area contributed by atoms with Crippen LogP contribution in [0.5, 0.6) is 0 Å². The van der Waals surface area contributed by atoms with E-state index in [1.807, 2.05) is 0 Å². The average molecular weight is 272 g/mol. The molecule has 0 amide bonds. The zero-order valence-corrected chi connectivity index (χ0v) is 10.3. The van der Waals surface area contributed by atoms with Gasteiger partial charge in [0.15, 0.2) is 0 Å². The van der Waals surface area contributed by atoms with Gasteiger partial charge in [-0.25, -0.2) is 0 Å². The molecule has 0 fully saturated rings. The van der Waals surface area contributed by atoms with Gasteiger partial charge in [-0.3, -0.25) is 0 Å². The summed E-state index contributed by atoms with van der Waals surface area (Å²) in [5.74, 6) is 0. The standard InChI is InChI=1S/C13H11F3OS/c1-8(17)10-6-12(18-7-10)9-2-4-11(5-3-9)13(14,15)16/h2-8,17H,1H3. The molecule has 0 aliphatic carbocycles. The molecule has 5 heteroatoms. The molecule has 1 heterocycles. The van der Waals surface area contributed by atoms with Crippen LogP contribution in [0.25, 0.3) is 10.4 Å². The molecule has 0 saturated heterocycles. The highest BCUT2D eigenvalue weighted by atomic mass is 32.1. The number of halogens is 3. The van der Waals surface area contributed by atoms with Crippen LogP contribution in [0.2, 0.25) is 0 Å². The Kier molecular flexibility index (Phi) is 3.45. The normalized spacial score (nSPS) is 13.6. The zero-order chi connectivity index (χ0) is 13.3. The van der Waals surface area contributed by atoms with E-state index in [-0.39, 0.29) is 0 Å². The van der Waals surface area contributed by atoms with Crippen molar-refractivity contribution >= 4 is 11.3 Å². The van der Waals surface area contributed by atoms with Gasteiger partial charge in [-0.1, -0.05) is 12.1 Å². The summed E-state index contributed by atoms with van der Waals surface area (Å²) in [6, 6.07) is 6.81. The average Bonchev–Trinajstić information content (AvgIpc) is 2.77. The number of aliphatic hydroxyl groups is 1. The van der Waals surface area contributed by atoms with Gasteiger partial charge < -0.3 is 5.11 Å². The number of benzene rings is 1. The van der Waals surface area contributed by atoms with Crippen molar-refractivity contribution < 1.29 is 18.3 Å². The topological polar surface area (TPSA) is 20.2 Å². The van der Waals surface area contributed by atoms with Gasteiger partial charge in [0.1, 0.15) is 0 Å². The van der Waals surface area contributed by atoms with Crippen LogP contribution < -0.4 is 0 Å². The Hall–Kier alpha value is -1.33. The van der Waals surface area contributed by atoms with E-state index in [4.69, 9.17) is 0 Å². The summed E-state index contributed by atoms with van der Waals surface area (Å²) in [6.07, 6.45) is -4.87. The van der Waals surface area contributed by atoms with Crippen molar-refractivity contribution in [2.75, 3.05) is 0 Å². The van der Waals surface area contributed by atoms with E-state index in [0.717, 1.165) is 28.1 Å². The molecule has 1 aromatic heterocycles. The van der Waals surface area contributed by atoms with Crippen molar-refractivity contribution in [3.63, 3.8) is 0 Å². The number of rotatable bonds is 2. The molecule has 1 aromatic carbocycles. The first-order valence-corrected chi connectivity index (χ1v) is 6.20. The fraction of sp³-hybridized carbons (Fsp3) is 0.231. The Morgan fingerprint density at radius 1 is 1.17 bits per heavy atom. The second kappa shape index (κ2) is 4.74. The highest BCUT2D eigenvalue weighted by molar-refractivity contribution is 7.13. The first-order chi connectivity index (χ1) is 8.38. The number of hydrogen-bond acceptors (Lipinski definition) is 2. The number of hydrogen-bond donors (Lipinski definition) is 1. The van der Waals surface area contributed by atoms with E-state index >= 15 is 0 Å². The predicted octanol–water partition coefficient (Wildman–Crippen LogP) is 4.49. The molecule has 2 aromatic rings. The molecule has 1 atom stereocenters. The first-order valence-electron chi connectivity index (χ1n) is 5.32. The lowest BCUT2D eigenvalue weighted by molar-refractivity contribution is -0.137. The molecular weight excluding hydrogens is 261 g/mol. The quantitative estimate of drug-likeness (QED) is 0.854. The van der Waals surface area contributed by atoms with Crippen molar-refractivity contribution in [3.8, 4) is 10.4 Å². The van der Waals surface area contributed by atoms with Crippen LogP contribution >= 0.6 is 11.3 Å². The Morgan fingerprint density at radius 2 is 1.78 bits per heavy atom. The van der Waals surface area contributed by atoms with Gasteiger partial charge in [0.25, 0.3) is 0 Å². The third-order valence-corrected chi connectivity index (χ3v) is 3.60. The van der Waals surface area contributed by atoms with Crippen molar-refractivity contribution in [2.45, 2.75) is 19.2 Å². The van der Waals surface area contributed by atoms with Gasteiger partial charge in [0, 0.05) is 4.88 Å². The van der Waals surface area contributed by atoms with Gasteiger partial charge in [-0.2, -0.15) is 13.2 Å². The highest BCUT2D eigenvalue weighted by Gasteiger charge is 2.29. The van der Waals surface area contributed by atoms with E-state index in [0.29, 0.717) is 0 Å². The van der Waals surface area contributed by atoms with E-state index in [1.54, 1.807) is 18.4 Å². The second-order valence-electron chi connectivity index (χ2n) is 4.00. The van der Waals surface area contributed by atoms with Crippen molar-refractivity contribution in [1.82, 2.24) is 0 Å². The Balaban J connectivity index is 2.29. The van der Waals surface area contributed by atoms with E-state index in [9.17, 15) is 18.3 Å². The summed E-state index contributed by atoms with van der Waals surface area (Å²) in [4.78, 5) is 0.847. The van der Waals surface area contributed by atoms with Gasteiger partial charge >= 0.3 is 6.18 Å². The fourth-order valence-electron chi connectivity index (χ4n) is 1.54. The summed E-state index contributed by atoms with van der Waals surface area (Å²) in [5, 5.41) is 11.2. The molecule has 1 nitrogen and oxygen atoms in total. The third kappa shape index (κ3) is 2.73. The van der Waals surface area contributed by atoms with E-state index in [2.05, 4.69) is 0 Å². The van der Waals surface area contributed by atoms with Gasteiger partial charge in [0.05, 0.1) is 11.7 Å². The monoisotopic (exact) mass is 272 g/mol. The van der Waals surface area contributed by atoms with Crippen LogP contribution in [-0.2, 0) is 6.18 Å². The Bertz CT molecular complexity index is 526. The predicted molar refractivity (Wildman–Crippen MR) is 65.4 cm³/mol. The highest BCUT2D eigenvalue weighted by Crippen LogP contribution is 2.33. The maximum absolute atomic E-state index is 12.4. The van der Waals surface area contributed by atoms with E-state index in [1.165, 1.54) is 23.5 Å². The molecule has 2 rings (SSSR count). The molecule has 0 radical (unpaired) electrons.